The Bertz CT molecular complexity index is 938. The van der Waals surface area contributed by atoms with E-state index in [1.54, 1.807) is 30.1 Å². The molecule has 1 saturated carbocycles. The van der Waals surface area contributed by atoms with Gasteiger partial charge in [-0.2, -0.15) is 0 Å². The molecule has 0 aromatic heterocycles. The number of rotatable bonds is 6. The SMILES string of the molecule is Cc1ccc(S(=O)(=O)N(CC(=O)N(C)C2CCCC2)c2ccccc2F)cc1. The average molecular weight is 405 g/mol. The van der Waals surface area contributed by atoms with E-state index < -0.39 is 22.4 Å². The predicted molar refractivity (Wildman–Crippen MR) is 107 cm³/mol. The van der Waals surface area contributed by atoms with Gasteiger partial charge in [-0.25, -0.2) is 12.8 Å². The van der Waals surface area contributed by atoms with Gasteiger partial charge in [0.05, 0.1) is 10.6 Å². The van der Waals surface area contributed by atoms with Gasteiger partial charge in [0.15, 0.2) is 0 Å². The van der Waals surface area contributed by atoms with Crippen LogP contribution in [0.1, 0.15) is 31.2 Å². The first-order valence-electron chi connectivity index (χ1n) is 9.40. The van der Waals surface area contributed by atoms with Crippen molar-refractivity contribution in [1.29, 1.82) is 0 Å². The third-order valence-corrected chi connectivity index (χ3v) is 7.05. The quantitative estimate of drug-likeness (QED) is 0.737. The number of likely N-dealkylation sites (N-methyl/N-ethyl adjacent to an activating group) is 1. The van der Waals surface area contributed by atoms with Crippen LogP contribution in [-0.4, -0.2) is 38.9 Å². The van der Waals surface area contributed by atoms with Crippen LogP contribution in [0.5, 0.6) is 0 Å². The van der Waals surface area contributed by atoms with E-state index in [1.807, 2.05) is 6.92 Å². The van der Waals surface area contributed by atoms with Crippen molar-refractivity contribution < 1.29 is 17.6 Å². The highest BCUT2D eigenvalue weighted by Crippen LogP contribution is 2.28. The van der Waals surface area contributed by atoms with E-state index in [0.717, 1.165) is 35.6 Å². The first kappa shape index (κ1) is 20.3. The molecule has 0 aliphatic heterocycles. The molecule has 28 heavy (non-hydrogen) atoms. The minimum Gasteiger partial charge on any atom is -0.341 e. The summed E-state index contributed by atoms with van der Waals surface area (Å²) in [6.07, 6.45) is 3.93. The van der Waals surface area contributed by atoms with E-state index in [1.165, 1.54) is 30.3 Å². The fourth-order valence-corrected chi connectivity index (χ4v) is 4.94. The second-order valence-electron chi connectivity index (χ2n) is 7.22. The van der Waals surface area contributed by atoms with Gasteiger partial charge in [0.1, 0.15) is 12.4 Å². The van der Waals surface area contributed by atoms with Crippen LogP contribution in [0.2, 0.25) is 0 Å². The molecular weight excluding hydrogens is 379 g/mol. The molecule has 5 nitrogen and oxygen atoms in total. The fraction of sp³-hybridized carbons (Fsp3) is 0.381. The van der Waals surface area contributed by atoms with E-state index in [0.29, 0.717) is 0 Å². The Balaban J connectivity index is 1.97. The third-order valence-electron chi connectivity index (χ3n) is 5.27. The lowest BCUT2D eigenvalue weighted by Gasteiger charge is -2.29. The zero-order valence-corrected chi connectivity index (χ0v) is 17.0. The summed E-state index contributed by atoms with van der Waals surface area (Å²) < 4.78 is 41.9. The molecule has 0 saturated heterocycles. The summed E-state index contributed by atoms with van der Waals surface area (Å²) in [7, 11) is -2.41. The van der Waals surface area contributed by atoms with Gasteiger partial charge in [-0.05, 0) is 44.0 Å². The monoisotopic (exact) mass is 404 g/mol. The summed E-state index contributed by atoms with van der Waals surface area (Å²) in [5.41, 5.74) is 0.782. The number of hydrogen-bond donors (Lipinski definition) is 0. The number of anilines is 1. The van der Waals surface area contributed by atoms with E-state index in [2.05, 4.69) is 0 Å². The Morgan fingerprint density at radius 2 is 1.68 bits per heavy atom. The molecule has 0 N–H and O–H groups in total. The van der Waals surface area contributed by atoms with E-state index >= 15 is 0 Å². The van der Waals surface area contributed by atoms with Crippen LogP contribution in [-0.2, 0) is 14.8 Å². The molecule has 0 bridgehead atoms. The summed E-state index contributed by atoms with van der Waals surface area (Å²) in [6, 6.07) is 12.0. The van der Waals surface area contributed by atoms with Gasteiger partial charge < -0.3 is 4.90 Å². The van der Waals surface area contributed by atoms with Crippen molar-refractivity contribution in [2.75, 3.05) is 17.9 Å². The molecule has 0 spiro atoms. The molecule has 2 aromatic rings. The number of carbonyl (C=O) groups is 1. The molecule has 0 radical (unpaired) electrons. The van der Waals surface area contributed by atoms with Crippen LogP contribution in [0.25, 0.3) is 0 Å². The van der Waals surface area contributed by atoms with Crippen molar-refractivity contribution in [2.24, 2.45) is 0 Å². The van der Waals surface area contributed by atoms with Gasteiger partial charge in [-0.3, -0.25) is 9.10 Å². The average Bonchev–Trinajstić information content (AvgIpc) is 3.21. The highest BCUT2D eigenvalue weighted by Gasteiger charge is 2.32. The van der Waals surface area contributed by atoms with Crippen molar-refractivity contribution in [2.45, 2.75) is 43.5 Å². The largest absolute Gasteiger partial charge is 0.341 e. The van der Waals surface area contributed by atoms with Crippen molar-refractivity contribution in [3.63, 3.8) is 0 Å². The lowest BCUT2D eigenvalue weighted by atomic mass is 10.2. The molecule has 0 atom stereocenters. The number of amides is 1. The Hall–Kier alpha value is -2.41. The number of sulfonamides is 1. The van der Waals surface area contributed by atoms with Gasteiger partial charge >= 0.3 is 0 Å². The number of aryl methyl sites for hydroxylation is 1. The molecule has 1 aliphatic carbocycles. The number of nitrogens with zero attached hydrogens (tertiary/aromatic N) is 2. The summed E-state index contributed by atoms with van der Waals surface area (Å²) in [5, 5.41) is 0. The molecule has 1 aliphatic rings. The van der Waals surface area contributed by atoms with Gasteiger partial charge in [-0.1, -0.05) is 42.7 Å². The molecule has 1 fully saturated rings. The van der Waals surface area contributed by atoms with Gasteiger partial charge in [-0.15, -0.1) is 0 Å². The smallest absolute Gasteiger partial charge is 0.264 e. The van der Waals surface area contributed by atoms with Crippen LogP contribution in [0.15, 0.2) is 53.4 Å². The zero-order valence-electron chi connectivity index (χ0n) is 16.1. The molecule has 0 unspecified atom stereocenters. The predicted octanol–water partition coefficient (Wildman–Crippen LogP) is 3.73. The Morgan fingerprint density at radius 3 is 2.29 bits per heavy atom. The maximum Gasteiger partial charge on any atom is 0.264 e. The first-order chi connectivity index (χ1) is 13.3. The third kappa shape index (κ3) is 4.19. The molecule has 0 heterocycles. The molecule has 2 aromatic carbocycles. The zero-order chi connectivity index (χ0) is 20.3. The standard InChI is InChI=1S/C21H25FN2O3S/c1-16-11-13-18(14-12-16)28(26,27)24(20-10-6-5-9-19(20)22)15-21(25)23(2)17-7-3-4-8-17/h5-6,9-14,17H,3-4,7-8,15H2,1-2H3. The highest BCUT2D eigenvalue weighted by molar-refractivity contribution is 7.92. The molecule has 3 rings (SSSR count). The maximum absolute atomic E-state index is 14.5. The minimum atomic E-state index is -4.10. The van der Waals surface area contributed by atoms with Crippen LogP contribution < -0.4 is 4.31 Å². The lowest BCUT2D eigenvalue weighted by molar-refractivity contribution is -0.130. The minimum absolute atomic E-state index is 0.0256. The number of halogens is 1. The maximum atomic E-state index is 14.5. The summed E-state index contributed by atoms with van der Waals surface area (Å²) >= 11 is 0. The summed E-state index contributed by atoms with van der Waals surface area (Å²) in [4.78, 5) is 14.5. The van der Waals surface area contributed by atoms with Crippen LogP contribution in [0, 0.1) is 12.7 Å². The number of benzene rings is 2. The Labute approximate surface area is 165 Å². The molecule has 150 valence electrons. The number of para-hydroxylation sites is 1. The van der Waals surface area contributed by atoms with Crippen molar-refractivity contribution in [3.8, 4) is 0 Å². The fourth-order valence-electron chi connectivity index (χ4n) is 3.52. The van der Waals surface area contributed by atoms with Crippen LogP contribution >= 0.6 is 0 Å². The molecule has 7 heteroatoms. The summed E-state index contributed by atoms with van der Waals surface area (Å²) in [6.45, 7) is 1.41. The number of hydrogen-bond acceptors (Lipinski definition) is 3. The second kappa shape index (κ2) is 8.31. The number of carbonyl (C=O) groups excluding carboxylic acids is 1. The second-order valence-corrected chi connectivity index (χ2v) is 9.08. The van der Waals surface area contributed by atoms with E-state index in [-0.39, 0.29) is 22.5 Å². The first-order valence-corrected chi connectivity index (χ1v) is 10.8. The normalized spacial score (nSPS) is 14.8. The Morgan fingerprint density at radius 1 is 1.07 bits per heavy atom. The molecule has 1 amide bonds. The van der Waals surface area contributed by atoms with Crippen LogP contribution in [0.4, 0.5) is 10.1 Å². The summed E-state index contributed by atoms with van der Waals surface area (Å²) in [5.74, 6) is -1.03. The van der Waals surface area contributed by atoms with E-state index in [9.17, 15) is 17.6 Å². The van der Waals surface area contributed by atoms with Crippen molar-refractivity contribution >= 4 is 21.6 Å². The van der Waals surface area contributed by atoms with Gasteiger partial charge in [0.2, 0.25) is 5.91 Å². The lowest BCUT2D eigenvalue weighted by Crippen LogP contribution is -2.45. The molecular formula is C21H25FN2O3S. The topological polar surface area (TPSA) is 57.7 Å². The van der Waals surface area contributed by atoms with Gasteiger partial charge in [0.25, 0.3) is 10.0 Å². The van der Waals surface area contributed by atoms with Crippen LogP contribution in [0.3, 0.4) is 0 Å². The van der Waals surface area contributed by atoms with Gasteiger partial charge in [0, 0.05) is 13.1 Å². The Kier molecular flexibility index (Phi) is 6.03. The van der Waals surface area contributed by atoms with Crippen molar-refractivity contribution in [1.82, 2.24) is 4.90 Å². The van der Waals surface area contributed by atoms with E-state index in [4.69, 9.17) is 0 Å². The highest BCUT2D eigenvalue weighted by atomic mass is 32.2. The van der Waals surface area contributed by atoms with Crippen molar-refractivity contribution in [3.05, 3.63) is 59.9 Å².